The van der Waals surface area contributed by atoms with Crippen LogP contribution in [0.15, 0.2) is 72.0 Å². The maximum Gasteiger partial charge on any atom is 0.275 e. The second-order valence-corrected chi connectivity index (χ2v) is 9.92. The second kappa shape index (κ2) is 9.54. The highest BCUT2D eigenvalue weighted by Crippen LogP contribution is 2.28. The topological polar surface area (TPSA) is 140 Å². The van der Waals surface area contributed by atoms with Crippen LogP contribution in [0.5, 0.6) is 0 Å². The Bertz CT molecular complexity index is 1870. The van der Waals surface area contributed by atoms with E-state index in [9.17, 15) is 4.79 Å². The summed E-state index contributed by atoms with van der Waals surface area (Å²) in [5.41, 5.74) is 2.70. The van der Waals surface area contributed by atoms with Gasteiger partial charge in [0.2, 0.25) is 5.95 Å². The fourth-order valence-corrected chi connectivity index (χ4v) is 5.21. The number of aryl methyl sites for hydroxylation is 1. The first-order valence-electron chi connectivity index (χ1n) is 12.9. The number of anilines is 2. The van der Waals surface area contributed by atoms with E-state index < -0.39 is 0 Å². The van der Waals surface area contributed by atoms with Crippen molar-refractivity contribution in [3.05, 3.63) is 83.2 Å². The van der Waals surface area contributed by atoms with Gasteiger partial charge in [-0.1, -0.05) is 17.2 Å². The highest BCUT2D eigenvalue weighted by atomic mass is 16.1. The van der Waals surface area contributed by atoms with Crippen molar-refractivity contribution in [2.24, 2.45) is 7.05 Å². The maximum atomic E-state index is 14.0. The Morgan fingerprint density at radius 2 is 1.98 bits per heavy atom. The van der Waals surface area contributed by atoms with Gasteiger partial charge >= 0.3 is 0 Å². The van der Waals surface area contributed by atoms with E-state index in [1.165, 1.54) is 21.3 Å². The molecule has 1 saturated heterocycles. The van der Waals surface area contributed by atoms with E-state index >= 15 is 0 Å². The minimum Gasteiger partial charge on any atom is -0.348 e. The van der Waals surface area contributed by atoms with E-state index in [4.69, 9.17) is 4.98 Å². The predicted molar refractivity (Wildman–Crippen MR) is 149 cm³/mol. The van der Waals surface area contributed by atoms with E-state index in [1.807, 2.05) is 24.3 Å². The molecule has 1 aliphatic heterocycles. The third-order valence-electron chi connectivity index (χ3n) is 7.19. The third-order valence-corrected chi connectivity index (χ3v) is 7.19. The average molecular weight is 535 g/mol. The van der Waals surface area contributed by atoms with Crippen LogP contribution >= 0.6 is 0 Å². The van der Waals surface area contributed by atoms with Gasteiger partial charge in [0.25, 0.3) is 11.5 Å². The molecule has 6 aromatic rings. The van der Waals surface area contributed by atoms with Gasteiger partial charge in [-0.2, -0.15) is 9.78 Å². The number of H-pyrrole nitrogens is 1. The van der Waals surface area contributed by atoms with Crippen LogP contribution in [0.2, 0.25) is 0 Å². The molecule has 0 radical (unpaired) electrons. The van der Waals surface area contributed by atoms with Gasteiger partial charge in [0.15, 0.2) is 11.5 Å². The van der Waals surface area contributed by atoms with Crippen LogP contribution in [-0.2, 0) is 7.05 Å². The summed E-state index contributed by atoms with van der Waals surface area (Å²) in [4.78, 5) is 34.5. The number of hydrogen-bond donors (Lipinski definition) is 2. The summed E-state index contributed by atoms with van der Waals surface area (Å²) in [6.07, 6.45) is 7.91. The fourth-order valence-electron chi connectivity index (χ4n) is 5.21. The van der Waals surface area contributed by atoms with Crippen LogP contribution in [0.3, 0.4) is 0 Å². The van der Waals surface area contributed by atoms with Crippen LogP contribution in [0.1, 0.15) is 17.9 Å². The molecule has 1 atom stereocenters. The van der Waals surface area contributed by atoms with Crippen molar-refractivity contribution in [3.63, 3.8) is 0 Å². The van der Waals surface area contributed by atoms with Crippen molar-refractivity contribution in [1.29, 1.82) is 0 Å². The van der Waals surface area contributed by atoms with E-state index in [2.05, 4.69) is 59.8 Å². The van der Waals surface area contributed by atoms with Crippen LogP contribution in [0.25, 0.3) is 34.2 Å². The highest BCUT2D eigenvalue weighted by molar-refractivity contribution is 5.82. The molecular formula is C27H26N12O. The number of aromatic nitrogens is 10. The smallest absolute Gasteiger partial charge is 0.275 e. The Kier molecular flexibility index (Phi) is 5.70. The second-order valence-electron chi connectivity index (χ2n) is 9.92. The number of tetrazole rings is 1. The summed E-state index contributed by atoms with van der Waals surface area (Å²) >= 11 is 0. The van der Waals surface area contributed by atoms with Crippen molar-refractivity contribution in [1.82, 2.24) is 54.2 Å². The van der Waals surface area contributed by atoms with Crippen LogP contribution in [-0.4, -0.2) is 74.3 Å². The van der Waals surface area contributed by atoms with Crippen molar-refractivity contribution in [2.75, 3.05) is 25.5 Å². The van der Waals surface area contributed by atoms with Crippen LogP contribution in [0, 0.1) is 0 Å². The molecule has 0 spiro atoms. The summed E-state index contributed by atoms with van der Waals surface area (Å²) in [6, 6.07) is 13.8. The lowest BCUT2D eigenvalue weighted by Gasteiger charge is -2.13. The molecule has 1 fully saturated rings. The summed E-state index contributed by atoms with van der Waals surface area (Å²) in [5.74, 6) is 2.21. The Balaban J connectivity index is 1.29. The number of benzene rings is 1. The Morgan fingerprint density at radius 1 is 1.10 bits per heavy atom. The molecule has 6 heterocycles. The third kappa shape index (κ3) is 4.22. The number of likely N-dealkylation sites (tertiary alicyclic amines) is 1. The normalized spacial score (nSPS) is 15.7. The predicted octanol–water partition coefficient (Wildman–Crippen LogP) is 2.65. The quantitative estimate of drug-likeness (QED) is 0.330. The van der Waals surface area contributed by atoms with E-state index in [0.29, 0.717) is 46.1 Å². The summed E-state index contributed by atoms with van der Waals surface area (Å²) in [5, 5.41) is 16.2. The van der Waals surface area contributed by atoms with Gasteiger partial charge in [0, 0.05) is 42.4 Å². The molecular weight excluding hydrogens is 508 g/mol. The van der Waals surface area contributed by atoms with Crippen LogP contribution < -0.4 is 10.9 Å². The lowest BCUT2D eigenvalue weighted by molar-refractivity contribution is 0.411. The molecule has 1 aliphatic rings. The minimum absolute atomic E-state index is 0.304. The molecule has 0 amide bonds. The summed E-state index contributed by atoms with van der Waals surface area (Å²) in [6.45, 7) is 2.20. The van der Waals surface area contributed by atoms with Crippen molar-refractivity contribution >= 4 is 22.7 Å². The zero-order chi connectivity index (χ0) is 27.2. The molecule has 1 aromatic carbocycles. The number of hydrogen-bond acceptors (Lipinski definition) is 9. The molecule has 200 valence electrons. The van der Waals surface area contributed by atoms with Crippen LogP contribution in [0.4, 0.5) is 11.6 Å². The molecule has 0 saturated carbocycles. The number of aromatic amines is 1. The monoisotopic (exact) mass is 534 g/mol. The van der Waals surface area contributed by atoms with Crippen molar-refractivity contribution in [2.45, 2.75) is 12.3 Å². The largest absolute Gasteiger partial charge is 0.348 e. The summed E-state index contributed by atoms with van der Waals surface area (Å²) < 4.78 is 3.15. The van der Waals surface area contributed by atoms with Gasteiger partial charge in [-0.05, 0) is 67.0 Å². The Morgan fingerprint density at radius 3 is 2.70 bits per heavy atom. The molecule has 13 nitrogen and oxygen atoms in total. The zero-order valence-electron chi connectivity index (χ0n) is 21.9. The Labute approximate surface area is 228 Å². The average Bonchev–Trinajstić information content (AvgIpc) is 3.77. The summed E-state index contributed by atoms with van der Waals surface area (Å²) in [7, 11) is 3.83. The van der Waals surface area contributed by atoms with E-state index in [0.717, 1.165) is 18.8 Å². The van der Waals surface area contributed by atoms with E-state index in [1.54, 1.807) is 42.5 Å². The highest BCUT2D eigenvalue weighted by Gasteiger charge is 2.22. The SMILES string of the molecule is CN1CCC(c2ccc(Nc3ncc4cc(-c5nccn5-c5nnn(C)n5)c(=O)n(-c5ccc[nH]5)c4n3)cc2)C1. The Hall–Kier alpha value is -5.17. The van der Waals surface area contributed by atoms with Gasteiger partial charge in [-0.15, -0.1) is 5.10 Å². The van der Waals surface area contributed by atoms with Crippen molar-refractivity contribution < 1.29 is 0 Å². The first-order valence-corrected chi connectivity index (χ1v) is 12.9. The number of nitrogens with one attached hydrogen (secondary N) is 2. The van der Waals surface area contributed by atoms with Gasteiger partial charge in [-0.3, -0.25) is 9.36 Å². The van der Waals surface area contributed by atoms with Gasteiger partial charge in [0.1, 0.15) is 5.82 Å². The standard InChI is InChI=1S/C27H26N12O/c1-36-12-9-18(16-36)17-5-7-20(8-6-17)31-26-30-15-19-14-21(24-29-11-13-38(24)27-33-35-37(2)34-27)25(40)39(23(19)32-26)22-4-3-10-28-22/h3-8,10-11,13-15,18,28H,9,12,16H2,1-2H3,(H,30,31,32). The number of likely N-dealkylation sites (N-methyl/N-ethyl adjacent to an activating group) is 1. The maximum absolute atomic E-state index is 14.0. The molecule has 0 aliphatic carbocycles. The molecule has 7 rings (SSSR count). The lowest BCUT2D eigenvalue weighted by atomic mass is 9.98. The lowest BCUT2D eigenvalue weighted by Crippen LogP contribution is -2.23. The number of nitrogens with zero attached hydrogens (tertiary/aromatic N) is 10. The van der Waals surface area contributed by atoms with Crippen molar-refractivity contribution in [3.8, 4) is 23.2 Å². The van der Waals surface area contributed by atoms with E-state index in [-0.39, 0.29) is 5.56 Å². The molecule has 5 aromatic heterocycles. The number of fused-ring (bicyclic) bond motifs is 1. The first kappa shape index (κ1) is 23.9. The number of pyridine rings is 1. The molecule has 2 N–H and O–H groups in total. The molecule has 0 bridgehead atoms. The van der Waals surface area contributed by atoms with Gasteiger partial charge < -0.3 is 15.2 Å². The first-order chi connectivity index (χ1) is 19.5. The molecule has 13 heteroatoms. The fraction of sp³-hybridized carbons (Fsp3) is 0.222. The number of imidazole rings is 1. The van der Waals surface area contributed by atoms with Gasteiger partial charge in [-0.25, -0.2) is 14.5 Å². The molecule has 40 heavy (non-hydrogen) atoms. The molecule has 1 unspecified atom stereocenters. The number of rotatable bonds is 6. The zero-order valence-corrected chi connectivity index (χ0v) is 21.9. The van der Waals surface area contributed by atoms with Gasteiger partial charge in [0.05, 0.1) is 12.6 Å². The minimum atomic E-state index is -0.304.